The predicted molar refractivity (Wildman–Crippen MR) is 104 cm³/mol. The van der Waals surface area contributed by atoms with Crippen molar-refractivity contribution in [3.05, 3.63) is 62.7 Å². The lowest BCUT2D eigenvalue weighted by Crippen LogP contribution is -2.10. The smallest absolute Gasteiger partial charge is 0.265 e. The molecule has 1 aliphatic rings. The van der Waals surface area contributed by atoms with E-state index in [4.69, 9.17) is 0 Å². The predicted octanol–water partition coefficient (Wildman–Crippen LogP) is 5.95. The van der Waals surface area contributed by atoms with Gasteiger partial charge in [0, 0.05) is 21.0 Å². The Kier molecular flexibility index (Phi) is 4.02. The van der Waals surface area contributed by atoms with Gasteiger partial charge in [0.25, 0.3) is 5.91 Å². The Bertz CT molecular complexity index is 887. The zero-order valence-electron chi connectivity index (χ0n) is 13.8. The molecule has 0 fully saturated rings. The summed E-state index contributed by atoms with van der Waals surface area (Å²) >= 11 is 3.43. The molecule has 24 heavy (non-hydrogen) atoms. The first-order valence-electron chi connectivity index (χ1n) is 8.22. The third kappa shape index (κ3) is 2.80. The van der Waals surface area contributed by atoms with Gasteiger partial charge in [0.1, 0.15) is 0 Å². The van der Waals surface area contributed by atoms with Crippen LogP contribution in [-0.4, -0.2) is 5.91 Å². The molecule has 0 bridgehead atoms. The largest absolute Gasteiger partial charge is 0.321 e. The minimum atomic E-state index is -0.0107. The zero-order valence-corrected chi connectivity index (χ0v) is 15.4. The second-order valence-electron chi connectivity index (χ2n) is 6.45. The highest BCUT2D eigenvalue weighted by Crippen LogP contribution is 2.41. The van der Waals surface area contributed by atoms with Gasteiger partial charge in [-0.25, -0.2) is 0 Å². The van der Waals surface area contributed by atoms with Gasteiger partial charge in [0.2, 0.25) is 0 Å². The minimum Gasteiger partial charge on any atom is -0.321 e. The maximum atomic E-state index is 12.6. The van der Waals surface area contributed by atoms with Crippen molar-refractivity contribution in [1.82, 2.24) is 0 Å². The Morgan fingerprint density at radius 2 is 1.92 bits per heavy atom. The van der Waals surface area contributed by atoms with E-state index in [0.717, 1.165) is 23.4 Å². The van der Waals surface area contributed by atoms with Crippen molar-refractivity contribution in [2.75, 3.05) is 5.32 Å². The average Bonchev–Trinajstić information content (AvgIpc) is 3.21. The summed E-state index contributed by atoms with van der Waals surface area (Å²) in [6.45, 7) is 4.34. The number of amides is 1. The van der Waals surface area contributed by atoms with Gasteiger partial charge in [-0.3, -0.25) is 4.79 Å². The lowest BCUT2D eigenvalue weighted by Gasteiger charge is -2.10. The molecule has 0 saturated heterocycles. The Morgan fingerprint density at radius 1 is 1.12 bits per heavy atom. The number of anilines is 1. The molecule has 4 heteroatoms. The van der Waals surface area contributed by atoms with E-state index in [1.807, 2.05) is 23.5 Å². The van der Waals surface area contributed by atoms with Crippen molar-refractivity contribution in [2.24, 2.45) is 0 Å². The first-order valence-corrected chi connectivity index (χ1v) is 9.92. The number of benzene rings is 1. The normalized spacial score (nSPS) is 12.8. The molecule has 1 aliphatic carbocycles. The van der Waals surface area contributed by atoms with Gasteiger partial charge >= 0.3 is 0 Å². The summed E-state index contributed by atoms with van der Waals surface area (Å²) in [5.41, 5.74) is 4.77. The van der Waals surface area contributed by atoms with Gasteiger partial charge < -0.3 is 5.32 Å². The van der Waals surface area contributed by atoms with Gasteiger partial charge in [0.15, 0.2) is 0 Å². The van der Waals surface area contributed by atoms with Crippen LogP contribution in [0.15, 0.2) is 41.8 Å². The summed E-state index contributed by atoms with van der Waals surface area (Å²) in [5.74, 6) is 0.488. The molecule has 1 N–H and O–H groups in total. The van der Waals surface area contributed by atoms with Crippen LogP contribution >= 0.6 is 22.7 Å². The highest BCUT2D eigenvalue weighted by Gasteiger charge is 2.22. The summed E-state index contributed by atoms with van der Waals surface area (Å²) in [4.78, 5) is 16.1. The maximum absolute atomic E-state index is 12.6. The van der Waals surface area contributed by atoms with Crippen molar-refractivity contribution in [3.63, 3.8) is 0 Å². The highest BCUT2D eigenvalue weighted by molar-refractivity contribution is 7.18. The number of hydrogen-bond acceptors (Lipinski definition) is 3. The third-order valence-electron chi connectivity index (χ3n) is 4.48. The van der Waals surface area contributed by atoms with E-state index in [9.17, 15) is 4.79 Å². The zero-order chi connectivity index (χ0) is 16.7. The van der Waals surface area contributed by atoms with Crippen LogP contribution in [0.1, 0.15) is 45.4 Å². The third-order valence-corrected chi connectivity index (χ3v) is 6.67. The molecule has 2 nitrogen and oxygen atoms in total. The number of aryl methyl sites for hydroxylation is 2. The quantitative estimate of drug-likeness (QED) is 0.619. The fraction of sp³-hybridized carbons (Fsp3) is 0.250. The number of carbonyl (C=O) groups is 1. The van der Waals surface area contributed by atoms with E-state index >= 15 is 0 Å². The van der Waals surface area contributed by atoms with E-state index < -0.39 is 0 Å². The second kappa shape index (κ2) is 6.19. The topological polar surface area (TPSA) is 29.1 Å². The molecular formula is C20H19NOS2. The lowest BCUT2D eigenvalue weighted by atomic mass is 9.98. The first-order chi connectivity index (χ1) is 11.6. The van der Waals surface area contributed by atoms with Gasteiger partial charge in [0.05, 0.1) is 4.88 Å². The molecule has 3 aromatic rings. The number of nitrogens with one attached hydrogen (secondary N) is 1. The fourth-order valence-corrected chi connectivity index (χ4v) is 5.19. The number of hydrogen-bond donors (Lipinski definition) is 1. The minimum absolute atomic E-state index is 0.0107. The Balaban J connectivity index is 1.56. The van der Waals surface area contributed by atoms with Gasteiger partial charge in [-0.05, 0) is 59.5 Å². The standard InChI is InChI=1S/C20H19NOS2/c1-12(2)13-3-6-15(7-4-13)21-20(22)18-11-14-5-8-17-16(9-10-23-17)19(14)24-18/h3-4,6-7,9-12H,5,8H2,1-2H3,(H,21,22). The first kappa shape index (κ1) is 15.6. The van der Waals surface area contributed by atoms with Crippen LogP contribution < -0.4 is 5.32 Å². The molecule has 0 spiro atoms. The summed E-state index contributed by atoms with van der Waals surface area (Å²) < 4.78 is 0. The monoisotopic (exact) mass is 353 g/mol. The van der Waals surface area contributed by atoms with E-state index in [1.165, 1.54) is 26.4 Å². The van der Waals surface area contributed by atoms with E-state index in [2.05, 4.69) is 48.8 Å². The summed E-state index contributed by atoms with van der Waals surface area (Å²) in [5, 5.41) is 5.17. The Labute approximate surface area is 150 Å². The summed E-state index contributed by atoms with van der Waals surface area (Å²) in [6, 6.07) is 12.4. The van der Waals surface area contributed by atoms with Crippen LogP contribution in [0, 0.1) is 0 Å². The van der Waals surface area contributed by atoms with Crippen molar-refractivity contribution >= 4 is 34.3 Å². The van der Waals surface area contributed by atoms with Crippen LogP contribution in [0.25, 0.3) is 10.4 Å². The van der Waals surface area contributed by atoms with E-state index in [0.29, 0.717) is 5.92 Å². The lowest BCUT2D eigenvalue weighted by molar-refractivity contribution is 0.103. The molecule has 1 aromatic carbocycles. The molecular weight excluding hydrogens is 334 g/mol. The fourth-order valence-electron chi connectivity index (χ4n) is 3.08. The Morgan fingerprint density at radius 3 is 2.67 bits per heavy atom. The van der Waals surface area contributed by atoms with Crippen LogP contribution in [0.4, 0.5) is 5.69 Å². The molecule has 2 aromatic heterocycles. The number of fused-ring (bicyclic) bond motifs is 3. The second-order valence-corrected chi connectivity index (χ2v) is 8.51. The maximum Gasteiger partial charge on any atom is 0.265 e. The molecule has 0 atom stereocenters. The van der Waals surface area contributed by atoms with Crippen LogP contribution in [0.2, 0.25) is 0 Å². The average molecular weight is 354 g/mol. The van der Waals surface area contributed by atoms with Gasteiger partial charge in [-0.15, -0.1) is 22.7 Å². The number of carbonyl (C=O) groups excluding carboxylic acids is 1. The molecule has 0 unspecified atom stereocenters. The van der Waals surface area contributed by atoms with Gasteiger partial charge in [-0.2, -0.15) is 0 Å². The molecule has 1 amide bonds. The van der Waals surface area contributed by atoms with Gasteiger partial charge in [-0.1, -0.05) is 26.0 Å². The molecule has 0 saturated carbocycles. The van der Waals surface area contributed by atoms with Crippen molar-refractivity contribution < 1.29 is 4.79 Å². The van der Waals surface area contributed by atoms with E-state index in [1.54, 1.807) is 11.3 Å². The molecule has 4 rings (SSSR count). The summed E-state index contributed by atoms with van der Waals surface area (Å²) in [7, 11) is 0. The molecule has 2 heterocycles. The van der Waals surface area contributed by atoms with Crippen LogP contribution in [0.3, 0.4) is 0 Å². The summed E-state index contributed by atoms with van der Waals surface area (Å²) in [6.07, 6.45) is 2.13. The van der Waals surface area contributed by atoms with Crippen molar-refractivity contribution in [2.45, 2.75) is 32.6 Å². The number of thiophene rings is 2. The SMILES string of the molecule is CC(C)c1ccc(NC(=O)c2cc3c(s2)-c2ccsc2CC3)cc1. The van der Waals surface area contributed by atoms with Crippen LogP contribution in [-0.2, 0) is 12.8 Å². The number of rotatable bonds is 3. The van der Waals surface area contributed by atoms with E-state index in [-0.39, 0.29) is 5.91 Å². The molecule has 122 valence electrons. The van der Waals surface area contributed by atoms with Crippen molar-refractivity contribution in [3.8, 4) is 10.4 Å². The molecule has 0 radical (unpaired) electrons. The van der Waals surface area contributed by atoms with Crippen molar-refractivity contribution in [1.29, 1.82) is 0 Å². The Hall–Kier alpha value is -1.91. The van der Waals surface area contributed by atoms with Crippen LogP contribution in [0.5, 0.6) is 0 Å². The molecule has 0 aliphatic heterocycles. The highest BCUT2D eigenvalue weighted by atomic mass is 32.1.